The van der Waals surface area contributed by atoms with E-state index in [0.29, 0.717) is 0 Å². The molecule has 0 spiro atoms. The summed E-state index contributed by atoms with van der Waals surface area (Å²) in [5.41, 5.74) is 10.6. The Morgan fingerprint density at radius 3 is 2.18 bits per heavy atom. The molecule has 0 atom stereocenters. The molecule has 0 bridgehead atoms. The van der Waals surface area contributed by atoms with E-state index in [1.165, 1.54) is 60.4 Å². The second-order valence-electron chi connectivity index (χ2n) is 6.75. The minimum absolute atomic E-state index is 0.926. The van der Waals surface area contributed by atoms with Gasteiger partial charge in [-0.15, -0.1) is 0 Å². The molecule has 0 fully saturated rings. The van der Waals surface area contributed by atoms with Gasteiger partial charge < -0.3 is 0 Å². The molecule has 112 valence electrons. The lowest BCUT2D eigenvalue weighted by Gasteiger charge is -2.16. The van der Waals surface area contributed by atoms with Crippen molar-refractivity contribution in [1.82, 2.24) is 0 Å². The van der Waals surface area contributed by atoms with Crippen molar-refractivity contribution in [2.24, 2.45) is 9.98 Å². The van der Waals surface area contributed by atoms with Crippen molar-refractivity contribution in [3.05, 3.63) is 38.4 Å². The Morgan fingerprint density at radius 1 is 0.773 bits per heavy atom. The number of benzene rings is 2. The van der Waals surface area contributed by atoms with E-state index in [0.717, 1.165) is 18.7 Å². The highest BCUT2D eigenvalue weighted by atomic mass is 14.8. The van der Waals surface area contributed by atoms with Crippen molar-refractivity contribution < 1.29 is 0 Å². The van der Waals surface area contributed by atoms with Gasteiger partial charge >= 0.3 is 0 Å². The monoisotopic (exact) mass is 290 g/mol. The smallest absolute Gasteiger partial charge is 0.0746 e. The van der Waals surface area contributed by atoms with E-state index in [1.54, 1.807) is 0 Å². The number of aryl methyl sites for hydroxylation is 2. The standard InChI is InChI=1S/C20H22N2/c1-9-11(3)19-15(7-8-21-19)18-16(9)10(2)12(4)20-17(18)13(5)14(6)22-20/h7-8H2,1-6H3. The second kappa shape index (κ2) is 4.28. The van der Waals surface area contributed by atoms with Gasteiger partial charge in [0.15, 0.2) is 0 Å². The normalized spacial score (nSPS) is 15.9. The van der Waals surface area contributed by atoms with E-state index in [9.17, 15) is 0 Å². The van der Waals surface area contributed by atoms with E-state index in [-0.39, 0.29) is 0 Å². The molecule has 2 aromatic rings. The number of hydrogen-bond donors (Lipinski definition) is 0. The SMILES string of the molecule is CC1=Nc2c(C)c(C)c3c(C)c(C)c4c(c3c2=C1C)CCN=4. The van der Waals surface area contributed by atoms with Crippen LogP contribution in [0.5, 0.6) is 0 Å². The highest BCUT2D eigenvalue weighted by Crippen LogP contribution is 2.34. The molecular formula is C20H22N2. The van der Waals surface area contributed by atoms with Crippen molar-refractivity contribution in [3.63, 3.8) is 0 Å². The maximum absolute atomic E-state index is 4.87. The largest absolute Gasteiger partial charge is 0.284 e. The van der Waals surface area contributed by atoms with Crippen LogP contribution in [0.1, 0.15) is 41.7 Å². The average molecular weight is 290 g/mol. The Kier molecular flexibility index (Phi) is 2.66. The molecule has 2 aliphatic rings. The minimum atomic E-state index is 0.926. The van der Waals surface area contributed by atoms with Crippen LogP contribution in [0.15, 0.2) is 9.98 Å². The topological polar surface area (TPSA) is 24.7 Å². The molecule has 0 amide bonds. The third-order valence-corrected chi connectivity index (χ3v) is 5.74. The molecule has 2 aliphatic heterocycles. The van der Waals surface area contributed by atoms with Gasteiger partial charge in [0.25, 0.3) is 0 Å². The van der Waals surface area contributed by atoms with E-state index in [2.05, 4.69) is 41.5 Å². The lowest BCUT2D eigenvalue weighted by Crippen LogP contribution is -2.19. The van der Waals surface area contributed by atoms with Gasteiger partial charge in [-0.1, -0.05) is 0 Å². The summed E-state index contributed by atoms with van der Waals surface area (Å²) in [5.74, 6) is 0. The number of fused-ring (bicyclic) bond motifs is 5. The van der Waals surface area contributed by atoms with E-state index in [1.807, 2.05) is 0 Å². The molecule has 0 saturated carbocycles. The van der Waals surface area contributed by atoms with Crippen molar-refractivity contribution in [3.8, 4) is 0 Å². The minimum Gasteiger partial charge on any atom is -0.284 e. The summed E-state index contributed by atoms with van der Waals surface area (Å²) in [4.78, 5) is 9.65. The summed E-state index contributed by atoms with van der Waals surface area (Å²) in [6.45, 7) is 14.2. The highest BCUT2D eigenvalue weighted by molar-refractivity contribution is 6.22. The van der Waals surface area contributed by atoms with Crippen LogP contribution in [0.4, 0.5) is 5.69 Å². The van der Waals surface area contributed by atoms with Crippen LogP contribution < -0.4 is 10.6 Å². The van der Waals surface area contributed by atoms with E-state index >= 15 is 0 Å². The predicted molar refractivity (Wildman–Crippen MR) is 94.1 cm³/mol. The zero-order valence-electron chi connectivity index (χ0n) is 14.3. The van der Waals surface area contributed by atoms with Gasteiger partial charge in [-0.2, -0.15) is 0 Å². The van der Waals surface area contributed by atoms with Crippen LogP contribution in [-0.4, -0.2) is 12.3 Å². The first-order valence-corrected chi connectivity index (χ1v) is 8.09. The van der Waals surface area contributed by atoms with Gasteiger partial charge in [0, 0.05) is 17.5 Å². The quantitative estimate of drug-likeness (QED) is 0.709. The Balaban J connectivity index is 2.43. The van der Waals surface area contributed by atoms with Crippen LogP contribution in [0.3, 0.4) is 0 Å². The summed E-state index contributed by atoms with van der Waals surface area (Å²) < 4.78 is 0. The van der Waals surface area contributed by atoms with Crippen LogP contribution in [0.25, 0.3) is 16.3 Å². The van der Waals surface area contributed by atoms with Crippen LogP contribution >= 0.6 is 0 Å². The second-order valence-corrected chi connectivity index (χ2v) is 6.75. The average Bonchev–Trinajstić information content (AvgIpc) is 3.07. The van der Waals surface area contributed by atoms with Crippen LogP contribution in [0, 0.1) is 27.7 Å². The first-order chi connectivity index (χ1) is 10.4. The van der Waals surface area contributed by atoms with Gasteiger partial charge in [0.05, 0.1) is 11.0 Å². The number of aliphatic imine (C=N–C) groups is 1. The van der Waals surface area contributed by atoms with Crippen LogP contribution in [0.2, 0.25) is 0 Å². The lowest BCUT2D eigenvalue weighted by atomic mass is 9.87. The molecule has 4 rings (SSSR count). The highest BCUT2D eigenvalue weighted by Gasteiger charge is 2.23. The fourth-order valence-corrected chi connectivity index (χ4v) is 4.14. The Hall–Kier alpha value is -1.96. The lowest BCUT2D eigenvalue weighted by molar-refractivity contribution is 1.03. The third kappa shape index (κ3) is 1.45. The van der Waals surface area contributed by atoms with Crippen LogP contribution in [-0.2, 0) is 6.42 Å². The summed E-state index contributed by atoms with van der Waals surface area (Å²) in [6.07, 6.45) is 1.06. The molecular weight excluding hydrogens is 268 g/mol. The van der Waals surface area contributed by atoms with Crippen molar-refractivity contribution in [2.45, 2.75) is 48.0 Å². The van der Waals surface area contributed by atoms with Crippen molar-refractivity contribution in [1.29, 1.82) is 0 Å². The first kappa shape index (κ1) is 13.7. The zero-order valence-corrected chi connectivity index (χ0v) is 14.3. The molecule has 0 aliphatic carbocycles. The number of nitrogens with zero attached hydrogens (tertiary/aromatic N) is 2. The van der Waals surface area contributed by atoms with Gasteiger partial charge in [-0.3, -0.25) is 9.98 Å². The molecule has 2 aromatic carbocycles. The summed E-state index contributed by atoms with van der Waals surface area (Å²) in [6, 6.07) is 0. The van der Waals surface area contributed by atoms with E-state index in [4.69, 9.17) is 9.98 Å². The van der Waals surface area contributed by atoms with Gasteiger partial charge in [-0.25, -0.2) is 0 Å². The predicted octanol–water partition coefficient (Wildman–Crippen LogP) is 3.53. The molecule has 0 radical (unpaired) electrons. The molecule has 0 saturated heterocycles. The van der Waals surface area contributed by atoms with Crippen molar-refractivity contribution >= 4 is 27.7 Å². The number of rotatable bonds is 0. The maximum Gasteiger partial charge on any atom is 0.0746 e. The third-order valence-electron chi connectivity index (χ3n) is 5.74. The van der Waals surface area contributed by atoms with Gasteiger partial charge in [0.2, 0.25) is 0 Å². The van der Waals surface area contributed by atoms with Gasteiger partial charge in [0.1, 0.15) is 0 Å². The molecule has 0 unspecified atom stereocenters. The first-order valence-electron chi connectivity index (χ1n) is 8.09. The van der Waals surface area contributed by atoms with Crippen molar-refractivity contribution in [2.75, 3.05) is 6.54 Å². The fourth-order valence-electron chi connectivity index (χ4n) is 4.14. The molecule has 0 aromatic heterocycles. The fraction of sp³-hybridized carbons (Fsp3) is 0.400. The Bertz CT molecular complexity index is 1020. The van der Waals surface area contributed by atoms with E-state index < -0.39 is 0 Å². The summed E-state index contributed by atoms with van der Waals surface area (Å²) >= 11 is 0. The Labute approximate surface area is 131 Å². The maximum atomic E-state index is 4.87. The summed E-state index contributed by atoms with van der Waals surface area (Å²) in [7, 11) is 0. The zero-order chi connectivity index (χ0) is 15.8. The molecule has 22 heavy (non-hydrogen) atoms. The Morgan fingerprint density at radius 2 is 1.45 bits per heavy atom. The molecule has 2 heterocycles. The molecule has 2 heteroatoms. The molecule has 2 nitrogen and oxygen atoms in total. The number of hydrogen-bond acceptors (Lipinski definition) is 2. The summed E-state index contributed by atoms with van der Waals surface area (Å²) in [5, 5.41) is 5.48. The van der Waals surface area contributed by atoms with Gasteiger partial charge in [-0.05, 0) is 92.1 Å². The molecule has 0 N–H and O–H groups in total.